The van der Waals surface area contributed by atoms with E-state index in [0.29, 0.717) is 12.0 Å². The Morgan fingerprint density at radius 1 is 1.29 bits per heavy atom. The second-order valence-corrected chi connectivity index (χ2v) is 6.99. The van der Waals surface area contributed by atoms with Crippen LogP contribution in [0.3, 0.4) is 0 Å². The molecular weight excluding hydrogens is 260 g/mol. The predicted molar refractivity (Wildman–Crippen MR) is 88.3 cm³/mol. The topological polar surface area (TPSA) is 42.4 Å². The zero-order valence-corrected chi connectivity index (χ0v) is 14.1. The van der Waals surface area contributed by atoms with E-state index in [1.807, 2.05) is 6.92 Å². The molecule has 2 N–H and O–H groups in total. The monoisotopic (exact) mass is 292 g/mol. The van der Waals surface area contributed by atoms with Gasteiger partial charge in [0.1, 0.15) is 11.5 Å². The molecule has 120 valence electrons. The van der Waals surface area contributed by atoms with E-state index in [-0.39, 0.29) is 12.1 Å². The number of aryl methyl sites for hydroxylation is 1. The van der Waals surface area contributed by atoms with E-state index in [9.17, 15) is 0 Å². The fourth-order valence-electron chi connectivity index (χ4n) is 3.60. The Hall–Kier alpha value is -0.800. The maximum atomic E-state index is 6.50. The van der Waals surface area contributed by atoms with Gasteiger partial charge in [-0.2, -0.15) is 0 Å². The summed E-state index contributed by atoms with van der Waals surface area (Å²) in [5.74, 6) is 2.68. The van der Waals surface area contributed by atoms with E-state index in [1.54, 1.807) is 0 Å². The molecule has 1 heterocycles. The largest absolute Gasteiger partial charge is 0.465 e. The van der Waals surface area contributed by atoms with Gasteiger partial charge in [-0.05, 0) is 44.2 Å². The molecule has 0 aromatic carbocycles. The maximum Gasteiger partial charge on any atom is 0.122 e. The van der Waals surface area contributed by atoms with Gasteiger partial charge in [-0.3, -0.25) is 4.90 Å². The summed E-state index contributed by atoms with van der Waals surface area (Å²) in [6.45, 7) is 9.88. The fraction of sp³-hybridized carbons (Fsp3) is 0.778. The van der Waals surface area contributed by atoms with Crippen molar-refractivity contribution < 1.29 is 4.42 Å². The van der Waals surface area contributed by atoms with E-state index < -0.39 is 0 Å². The van der Waals surface area contributed by atoms with Crippen molar-refractivity contribution >= 4 is 0 Å². The Balaban J connectivity index is 2.29. The highest BCUT2D eigenvalue weighted by Crippen LogP contribution is 2.34. The first kappa shape index (κ1) is 16.6. The van der Waals surface area contributed by atoms with Crippen molar-refractivity contribution in [3.8, 4) is 0 Å². The van der Waals surface area contributed by atoms with Gasteiger partial charge in [-0.15, -0.1) is 0 Å². The van der Waals surface area contributed by atoms with Gasteiger partial charge in [0.15, 0.2) is 0 Å². The molecule has 3 heteroatoms. The van der Waals surface area contributed by atoms with Crippen LogP contribution >= 0.6 is 0 Å². The standard InChI is InChI=1S/C18H32N2O/c1-5-16(19)18(17-11-10-14(4)21-17)20(12-13(2)3)15-8-6-7-9-15/h10-11,13,15-16,18H,5-9,12,19H2,1-4H3. The van der Waals surface area contributed by atoms with Crippen molar-refractivity contribution in [2.24, 2.45) is 11.7 Å². The Morgan fingerprint density at radius 3 is 2.43 bits per heavy atom. The molecule has 1 aliphatic carbocycles. The van der Waals surface area contributed by atoms with Crippen molar-refractivity contribution in [2.45, 2.75) is 77.9 Å². The highest BCUT2D eigenvalue weighted by molar-refractivity contribution is 5.13. The Labute approximate surface area is 129 Å². The molecule has 0 saturated heterocycles. The minimum atomic E-state index is 0.134. The van der Waals surface area contributed by atoms with Gasteiger partial charge in [0.2, 0.25) is 0 Å². The third kappa shape index (κ3) is 4.10. The van der Waals surface area contributed by atoms with E-state index >= 15 is 0 Å². The number of hydrogen-bond acceptors (Lipinski definition) is 3. The van der Waals surface area contributed by atoms with Crippen LogP contribution in [0.15, 0.2) is 16.5 Å². The summed E-state index contributed by atoms with van der Waals surface area (Å²) >= 11 is 0. The Morgan fingerprint density at radius 2 is 1.95 bits per heavy atom. The molecule has 2 rings (SSSR count). The molecule has 21 heavy (non-hydrogen) atoms. The van der Waals surface area contributed by atoms with Crippen LogP contribution < -0.4 is 5.73 Å². The summed E-state index contributed by atoms with van der Waals surface area (Å²) in [7, 11) is 0. The lowest BCUT2D eigenvalue weighted by atomic mass is 9.98. The Kier molecular flexibility index (Phi) is 5.88. The lowest BCUT2D eigenvalue weighted by molar-refractivity contribution is 0.0843. The molecule has 1 aromatic rings. The van der Waals surface area contributed by atoms with Crippen LogP contribution in [0.5, 0.6) is 0 Å². The predicted octanol–water partition coefficient (Wildman–Crippen LogP) is 4.27. The molecule has 2 atom stereocenters. The number of nitrogens with two attached hydrogens (primary N) is 1. The van der Waals surface area contributed by atoms with Crippen molar-refractivity contribution in [1.29, 1.82) is 0 Å². The van der Waals surface area contributed by atoms with Crippen molar-refractivity contribution in [3.63, 3.8) is 0 Å². The molecule has 0 spiro atoms. The second-order valence-electron chi connectivity index (χ2n) is 6.99. The second kappa shape index (κ2) is 7.46. The summed E-state index contributed by atoms with van der Waals surface area (Å²) in [6.07, 6.45) is 6.29. The number of furan rings is 1. The first-order chi connectivity index (χ1) is 10.0. The van der Waals surface area contributed by atoms with Gasteiger partial charge in [-0.25, -0.2) is 0 Å². The fourth-order valence-corrected chi connectivity index (χ4v) is 3.60. The van der Waals surface area contributed by atoms with Crippen molar-refractivity contribution in [1.82, 2.24) is 4.90 Å². The average Bonchev–Trinajstić information content (AvgIpc) is 3.09. The van der Waals surface area contributed by atoms with E-state index in [0.717, 1.165) is 24.5 Å². The van der Waals surface area contributed by atoms with Gasteiger partial charge in [0.05, 0.1) is 6.04 Å². The van der Waals surface area contributed by atoms with E-state index in [1.165, 1.54) is 25.7 Å². The van der Waals surface area contributed by atoms with Crippen molar-refractivity contribution in [3.05, 3.63) is 23.7 Å². The van der Waals surface area contributed by atoms with Gasteiger partial charge in [-0.1, -0.05) is 33.6 Å². The van der Waals surface area contributed by atoms with Gasteiger partial charge >= 0.3 is 0 Å². The highest BCUT2D eigenvalue weighted by Gasteiger charge is 2.34. The van der Waals surface area contributed by atoms with Crippen LogP contribution in [-0.2, 0) is 0 Å². The van der Waals surface area contributed by atoms with Crippen LogP contribution in [-0.4, -0.2) is 23.5 Å². The smallest absolute Gasteiger partial charge is 0.122 e. The minimum Gasteiger partial charge on any atom is -0.465 e. The van der Waals surface area contributed by atoms with Gasteiger partial charge in [0, 0.05) is 18.6 Å². The van der Waals surface area contributed by atoms with Crippen LogP contribution in [0.25, 0.3) is 0 Å². The van der Waals surface area contributed by atoms with Crippen LogP contribution in [0.1, 0.15) is 70.4 Å². The molecule has 1 fully saturated rings. The first-order valence-electron chi connectivity index (χ1n) is 8.60. The van der Waals surface area contributed by atoms with Crippen LogP contribution in [0, 0.1) is 12.8 Å². The zero-order chi connectivity index (χ0) is 15.4. The summed E-state index contributed by atoms with van der Waals surface area (Å²) in [5, 5.41) is 0. The van der Waals surface area contributed by atoms with Crippen LogP contribution in [0.2, 0.25) is 0 Å². The Bertz CT molecular complexity index is 421. The van der Waals surface area contributed by atoms with E-state index in [2.05, 4.69) is 37.8 Å². The number of hydrogen-bond donors (Lipinski definition) is 1. The highest BCUT2D eigenvalue weighted by atomic mass is 16.3. The first-order valence-corrected chi connectivity index (χ1v) is 8.60. The quantitative estimate of drug-likeness (QED) is 0.816. The summed E-state index contributed by atoms with van der Waals surface area (Å²) in [4.78, 5) is 2.64. The summed E-state index contributed by atoms with van der Waals surface area (Å²) in [6, 6.07) is 5.20. The molecule has 0 amide bonds. The molecule has 3 nitrogen and oxygen atoms in total. The molecule has 1 aromatic heterocycles. The molecule has 0 bridgehead atoms. The SMILES string of the molecule is CCC(N)C(c1ccc(C)o1)N(CC(C)C)C1CCCC1. The molecular formula is C18H32N2O. The summed E-state index contributed by atoms with van der Waals surface area (Å²) in [5.41, 5.74) is 6.50. The molecule has 1 aliphatic rings. The summed E-state index contributed by atoms with van der Waals surface area (Å²) < 4.78 is 5.97. The minimum absolute atomic E-state index is 0.134. The molecule has 0 radical (unpaired) electrons. The van der Waals surface area contributed by atoms with E-state index in [4.69, 9.17) is 10.2 Å². The lowest BCUT2D eigenvalue weighted by Crippen LogP contribution is -2.46. The third-order valence-electron chi connectivity index (χ3n) is 4.66. The molecule has 0 aliphatic heterocycles. The maximum absolute atomic E-state index is 6.50. The molecule has 2 unspecified atom stereocenters. The lowest BCUT2D eigenvalue weighted by Gasteiger charge is -2.39. The molecule has 1 saturated carbocycles. The third-order valence-corrected chi connectivity index (χ3v) is 4.66. The average molecular weight is 292 g/mol. The zero-order valence-electron chi connectivity index (χ0n) is 14.1. The van der Waals surface area contributed by atoms with Crippen LogP contribution in [0.4, 0.5) is 0 Å². The van der Waals surface area contributed by atoms with Crippen molar-refractivity contribution in [2.75, 3.05) is 6.54 Å². The number of rotatable bonds is 7. The normalized spacial score (nSPS) is 19.6. The van der Waals surface area contributed by atoms with Gasteiger partial charge < -0.3 is 10.2 Å². The number of nitrogens with zero attached hydrogens (tertiary/aromatic N) is 1. The van der Waals surface area contributed by atoms with Gasteiger partial charge in [0.25, 0.3) is 0 Å².